The summed E-state index contributed by atoms with van der Waals surface area (Å²) in [4.78, 5) is 0. The predicted molar refractivity (Wildman–Crippen MR) is 128 cm³/mol. The fourth-order valence-electron chi connectivity index (χ4n) is 4.16. The lowest BCUT2D eigenvalue weighted by Crippen LogP contribution is -2.13. The normalized spacial score (nSPS) is 18.7. The number of rotatable bonds is 9. The third-order valence-electron chi connectivity index (χ3n) is 6.09. The molecule has 0 aliphatic heterocycles. The molecule has 0 amide bonds. The summed E-state index contributed by atoms with van der Waals surface area (Å²) in [6.45, 7) is 4.54. The molecule has 1 aliphatic carbocycles. The van der Waals surface area contributed by atoms with Crippen molar-refractivity contribution in [2.24, 2.45) is 11.8 Å². The van der Waals surface area contributed by atoms with Crippen LogP contribution in [0.5, 0.6) is 0 Å². The molecule has 1 saturated carbocycles. The molecule has 0 atom stereocenters. The molecule has 0 aromatic heterocycles. The van der Waals surface area contributed by atoms with Gasteiger partial charge in [-0.05, 0) is 74.3 Å². The van der Waals surface area contributed by atoms with Gasteiger partial charge in [0.1, 0.15) is 0 Å². The summed E-state index contributed by atoms with van der Waals surface area (Å²) < 4.78 is 0. The van der Waals surface area contributed by atoms with Crippen molar-refractivity contribution in [2.45, 2.75) is 97.3 Å². The molecule has 0 spiro atoms. The van der Waals surface area contributed by atoms with Crippen LogP contribution in [0.15, 0.2) is 36.4 Å². The number of hydrogen-bond donors (Lipinski definition) is 0. The molecule has 1 fully saturated rings. The molecule has 0 radical (unpaired) electrons. The van der Waals surface area contributed by atoms with Gasteiger partial charge < -0.3 is 0 Å². The van der Waals surface area contributed by atoms with Crippen LogP contribution in [-0.2, 0) is 6.42 Å². The van der Waals surface area contributed by atoms with Crippen molar-refractivity contribution >= 4 is 0 Å². The Hall–Kier alpha value is -1.92. The van der Waals surface area contributed by atoms with E-state index in [4.69, 9.17) is 0 Å². The van der Waals surface area contributed by atoms with Gasteiger partial charge in [-0.3, -0.25) is 0 Å². The van der Waals surface area contributed by atoms with Gasteiger partial charge in [-0.15, -0.1) is 0 Å². The van der Waals surface area contributed by atoms with Crippen molar-refractivity contribution in [3.8, 4) is 23.7 Å². The minimum absolute atomic E-state index is 0.597. The van der Waals surface area contributed by atoms with Gasteiger partial charge in [0.05, 0.1) is 0 Å². The van der Waals surface area contributed by atoms with Gasteiger partial charge in [0, 0.05) is 11.5 Å². The molecule has 1 aromatic carbocycles. The monoisotopic (exact) mass is 388 g/mol. The molecule has 0 N–H and O–H groups in total. The van der Waals surface area contributed by atoms with Crippen LogP contribution in [0.2, 0.25) is 0 Å². The van der Waals surface area contributed by atoms with Crippen LogP contribution in [0.4, 0.5) is 0 Å². The summed E-state index contributed by atoms with van der Waals surface area (Å²) in [6.07, 6.45) is 21.2. The van der Waals surface area contributed by atoms with Gasteiger partial charge >= 0.3 is 0 Å². The number of unbranched alkanes of at least 4 members (excludes halogenated alkanes) is 5. The Morgan fingerprint density at radius 3 is 2.21 bits per heavy atom. The highest BCUT2D eigenvalue weighted by atomic mass is 14.2. The van der Waals surface area contributed by atoms with Gasteiger partial charge in [0.2, 0.25) is 0 Å². The summed E-state index contributed by atoms with van der Waals surface area (Å²) in [5, 5.41) is 0. The summed E-state index contributed by atoms with van der Waals surface area (Å²) in [7, 11) is 0. The van der Waals surface area contributed by atoms with Crippen molar-refractivity contribution in [1.29, 1.82) is 0 Å². The predicted octanol–water partition coefficient (Wildman–Crippen LogP) is 8.11. The van der Waals surface area contributed by atoms with E-state index in [2.05, 4.69) is 61.8 Å². The highest BCUT2D eigenvalue weighted by molar-refractivity contribution is 5.39. The molecule has 0 unspecified atom stereocenters. The van der Waals surface area contributed by atoms with E-state index in [1.807, 2.05) is 12.2 Å². The van der Waals surface area contributed by atoms with E-state index >= 15 is 0 Å². The Balaban J connectivity index is 1.66. The summed E-state index contributed by atoms with van der Waals surface area (Å²) in [5.41, 5.74) is 2.50. The van der Waals surface area contributed by atoms with Crippen LogP contribution in [0.3, 0.4) is 0 Å². The van der Waals surface area contributed by atoms with Crippen LogP contribution < -0.4 is 0 Å². The minimum Gasteiger partial charge on any atom is -0.0951 e. The van der Waals surface area contributed by atoms with Crippen LogP contribution in [0.1, 0.15) is 102 Å². The molecule has 1 aliphatic rings. The highest BCUT2D eigenvalue weighted by Gasteiger charge is 2.19. The molecular formula is C29H40. The van der Waals surface area contributed by atoms with Gasteiger partial charge in [-0.1, -0.05) is 94.6 Å². The zero-order valence-electron chi connectivity index (χ0n) is 18.8. The highest BCUT2D eigenvalue weighted by Crippen LogP contribution is 2.31. The first-order valence-corrected chi connectivity index (χ1v) is 12.1. The molecule has 0 bridgehead atoms. The molecule has 0 heteroatoms. The Morgan fingerprint density at radius 1 is 0.793 bits per heavy atom. The first-order chi connectivity index (χ1) is 14.3. The number of allylic oxidation sites excluding steroid dienone is 2. The van der Waals surface area contributed by atoms with E-state index in [1.165, 1.54) is 89.0 Å². The van der Waals surface area contributed by atoms with Crippen molar-refractivity contribution in [2.75, 3.05) is 0 Å². The van der Waals surface area contributed by atoms with Crippen LogP contribution in [0.25, 0.3) is 0 Å². The Morgan fingerprint density at radius 2 is 1.48 bits per heavy atom. The quantitative estimate of drug-likeness (QED) is 0.296. The van der Waals surface area contributed by atoms with E-state index in [0.717, 1.165) is 11.5 Å². The maximum atomic E-state index is 3.44. The standard InChI is InChI=1S/C29H40/c1-3-5-7-11-15-27-22-24-29(25-23-27)17-13-9-8-12-16-28-20-18-26(19-21-28)14-10-6-4-2/h8-9,18-21,27,29H,3-7,10-11,14-15,22-25H2,1-2H3. The second kappa shape index (κ2) is 15.0. The SMILES string of the molecule is CCCCCCC1CCC(C#CC=CC#Cc2ccc(CCCCC)cc2)CC1. The summed E-state index contributed by atoms with van der Waals surface area (Å²) in [5.74, 6) is 14.6. The second-order valence-electron chi connectivity index (χ2n) is 8.61. The fraction of sp³-hybridized carbons (Fsp3) is 0.586. The van der Waals surface area contributed by atoms with Crippen molar-refractivity contribution < 1.29 is 0 Å². The first-order valence-electron chi connectivity index (χ1n) is 12.1. The average Bonchev–Trinajstić information content (AvgIpc) is 2.76. The van der Waals surface area contributed by atoms with Gasteiger partial charge in [-0.2, -0.15) is 0 Å². The molecule has 0 heterocycles. The van der Waals surface area contributed by atoms with Crippen LogP contribution in [-0.4, -0.2) is 0 Å². The van der Waals surface area contributed by atoms with Crippen LogP contribution >= 0.6 is 0 Å². The van der Waals surface area contributed by atoms with Crippen molar-refractivity contribution in [3.05, 3.63) is 47.5 Å². The van der Waals surface area contributed by atoms with Crippen molar-refractivity contribution in [1.82, 2.24) is 0 Å². The van der Waals surface area contributed by atoms with E-state index in [0.29, 0.717) is 5.92 Å². The lowest BCUT2D eigenvalue weighted by atomic mass is 9.80. The number of hydrogen-bond acceptors (Lipinski definition) is 0. The zero-order chi connectivity index (χ0) is 20.6. The molecule has 29 heavy (non-hydrogen) atoms. The molecule has 2 rings (SSSR count). The molecule has 0 nitrogen and oxygen atoms in total. The third-order valence-corrected chi connectivity index (χ3v) is 6.09. The van der Waals surface area contributed by atoms with E-state index in [1.54, 1.807) is 0 Å². The van der Waals surface area contributed by atoms with Gasteiger partial charge in [-0.25, -0.2) is 0 Å². The smallest absolute Gasteiger partial charge is 0.0249 e. The lowest BCUT2D eigenvalue weighted by molar-refractivity contribution is 0.294. The summed E-state index contributed by atoms with van der Waals surface area (Å²) >= 11 is 0. The Bertz CT molecular complexity index is 690. The molecular weight excluding hydrogens is 348 g/mol. The maximum Gasteiger partial charge on any atom is 0.0249 e. The van der Waals surface area contributed by atoms with E-state index < -0.39 is 0 Å². The van der Waals surface area contributed by atoms with Gasteiger partial charge in [0.25, 0.3) is 0 Å². The largest absolute Gasteiger partial charge is 0.0951 e. The van der Waals surface area contributed by atoms with E-state index in [9.17, 15) is 0 Å². The summed E-state index contributed by atoms with van der Waals surface area (Å²) in [6, 6.07) is 8.69. The topological polar surface area (TPSA) is 0 Å². The Kier molecular flexibility index (Phi) is 12.1. The average molecular weight is 389 g/mol. The van der Waals surface area contributed by atoms with E-state index in [-0.39, 0.29) is 0 Å². The van der Waals surface area contributed by atoms with Crippen molar-refractivity contribution in [3.63, 3.8) is 0 Å². The molecule has 156 valence electrons. The fourth-order valence-corrected chi connectivity index (χ4v) is 4.16. The molecule has 0 saturated heterocycles. The minimum atomic E-state index is 0.597. The first kappa shape index (κ1) is 23.4. The molecule has 1 aromatic rings. The maximum absolute atomic E-state index is 3.44. The van der Waals surface area contributed by atoms with Crippen LogP contribution in [0, 0.1) is 35.5 Å². The van der Waals surface area contributed by atoms with Gasteiger partial charge in [0.15, 0.2) is 0 Å². The lowest BCUT2D eigenvalue weighted by Gasteiger charge is -2.25. The zero-order valence-corrected chi connectivity index (χ0v) is 18.8. The third kappa shape index (κ3) is 10.4. The number of aryl methyl sites for hydroxylation is 1. The Labute approximate surface area is 180 Å². The number of benzene rings is 1. The second-order valence-corrected chi connectivity index (χ2v) is 8.61.